The summed E-state index contributed by atoms with van der Waals surface area (Å²) in [7, 11) is 0. The molecule has 0 saturated heterocycles. The van der Waals surface area contributed by atoms with Gasteiger partial charge in [0.25, 0.3) is 0 Å². The van der Waals surface area contributed by atoms with Gasteiger partial charge >= 0.3 is 0 Å². The maximum atomic E-state index is 2.47. The highest BCUT2D eigenvalue weighted by atomic mass is 14.7. The van der Waals surface area contributed by atoms with E-state index in [1.165, 1.54) is 12.8 Å². The fourth-order valence-electron chi connectivity index (χ4n) is 3.37. The summed E-state index contributed by atoms with van der Waals surface area (Å²) in [5.74, 6) is 2.05. The Morgan fingerprint density at radius 2 is 1.90 bits per heavy atom. The molecule has 0 heteroatoms. The second-order valence-corrected chi connectivity index (χ2v) is 5.24. The van der Waals surface area contributed by atoms with Gasteiger partial charge in [0.2, 0.25) is 0 Å². The third-order valence-corrected chi connectivity index (χ3v) is 4.44. The molecule has 1 unspecified atom stereocenters. The SMILES string of the molecule is C[C@@H]1CC2C(C)(C)[C@@]2(C)C1.[HH]. The van der Waals surface area contributed by atoms with Gasteiger partial charge in [0.15, 0.2) is 0 Å². The van der Waals surface area contributed by atoms with E-state index >= 15 is 0 Å². The Balaban J connectivity index is 0.000000605. The zero-order chi connectivity index (χ0) is 7.57. The fourth-order valence-corrected chi connectivity index (χ4v) is 3.37. The van der Waals surface area contributed by atoms with Gasteiger partial charge in [0, 0.05) is 1.43 Å². The van der Waals surface area contributed by atoms with E-state index in [9.17, 15) is 0 Å². The third-order valence-electron chi connectivity index (χ3n) is 4.44. The normalized spacial score (nSPS) is 56.4. The smallest absolute Gasteiger partial charge is 0 e. The minimum Gasteiger partial charge on any atom is -0.0625 e. The molecular weight excluding hydrogens is 120 g/mol. The van der Waals surface area contributed by atoms with E-state index in [2.05, 4.69) is 27.7 Å². The molecule has 2 fully saturated rings. The molecule has 0 aromatic rings. The van der Waals surface area contributed by atoms with Crippen LogP contribution in [0.2, 0.25) is 0 Å². The summed E-state index contributed by atoms with van der Waals surface area (Å²) in [4.78, 5) is 0. The second-order valence-electron chi connectivity index (χ2n) is 5.24. The quantitative estimate of drug-likeness (QED) is 0.484. The summed E-state index contributed by atoms with van der Waals surface area (Å²) in [6, 6.07) is 0. The van der Waals surface area contributed by atoms with Crippen LogP contribution in [0.25, 0.3) is 0 Å². The highest BCUT2D eigenvalue weighted by molar-refractivity contribution is 5.18. The minimum atomic E-state index is 0. The molecule has 0 heterocycles. The van der Waals surface area contributed by atoms with Crippen molar-refractivity contribution in [3.8, 4) is 0 Å². The Hall–Kier alpha value is 0. The lowest BCUT2D eigenvalue weighted by Gasteiger charge is -2.17. The lowest BCUT2D eigenvalue weighted by atomic mass is 9.88. The van der Waals surface area contributed by atoms with Crippen LogP contribution in [0.1, 0.15) is 42.0 Å². The van der Waals surface area contributed by atoms with Crippen LogP contribution in [0.15, 0.2) is 0 Å². The van der Waals surface area contributed by atoms with Crippen molar-refractivity contribution in [2.24, 2.45) is 22.7 Å². The van der Waals surface area contributed by atoms with Crippen molar-refractivity contribution in [1.82, 2.24) is 0 Å². The van der Waals surface area contributed by atoms with Crippen LogP contribution >= 0.6 is 0 Å². The first-order chi connectivity index (χ1) is 4.48. The molecule has 2 rings (SSSR count). The monoisotopic (exact) mass is 140 g/mol. The molecule has 3 atom stereocenters. The van der Waals surface area contributed by atoms with Crippen molar-refractivity contribution in [3.63, 3.8) is 0 Å². The summed E-state index contributed by atoms with van der Waals surface area (Å²) in [5, 5.41) is 0. The molecule has 0 radical (unpaired) electrons. The van der Waals surface area contributed by atoms with Crippen molar-refractivity contribution >= 4 is 0 Å². The van der Waals surface area contributed by atoms with Crippen molar-refractivity contribution in [2.45, 2.75) is 40.5 Å². The molecule has 60 valence electrons. The van der Waals surface area contributed by atoms with E-state index in [1.807, 2.05) is 0 Å². The molecule has 0 spiro atoms. The Bertz CT molecular complexity index is 174. The average Bonchev–Trinajstić information content (AvgIpc) is 2.21. The lowest BCUT2D eigenvalue weighted by Crippen LogP contribution is -2.07. The van der Waals surface area contributed by atoms with Gasteiger partial charge in [-0.1, -0.05) is 27.7 Å². The summed E-state index contributed by atoms with van der Waals surface area (Å²) >= 11 is 0. The number of hydrogen-bond acceptors (Lipinski definition) is 0. The predicted molar refractivity (Wildman–Crippen MR) is 45.9 cm³/mol. The highest BCUT2D eigenvalue weighted by Crippen LogP contribution is 2.77. The van der Waals surface area contributed by atoms with E-state index in [1.54, 1.807) is 0 Å². The number of fused-ring (bicyclic) bond motifs is 1. The minimum absolute atomic E-state index is 0. The number of rotatable bonds is 0. The summed E-state index contributed by atoms with van der Waals surface area (Å²) < 4.78 is 0. The Morgan fingerprint density at radius 3 is 2.20 bits per heavy atom. The molecule has 0 N–H and O–H groups in total. The molecule has 2 aliphatic rings. The Labute approximate surface area is 65.5 Å². The van der Waals surface area contributed by atoms with Gasteiger partial charge in [-0.05, 0) is 35.5 Å². The molecule has 0 aromatic heterocycles. The summed E-state index contributed by atoms with van der Waals surface area (Å²) in [5.41, 5.74) is 1.41. The van der Waals surface area contributed by atoms with Crippen molar-refractivity contribution in [1.29, 1.82) is 0 Å². The standard InChI is InChI=1S/C10H18.H2/c1-7-5-8-9(2,3)10(8,4)6-7;/h7-8H,5-6H2,1-4H3;1H/t7-,8?,10+;/m1./s1. The maximum absolute atomic E-state index is 2.47. The zero-order valence-electron chi connectivity index (χ0n) is 7.57. The molecule has 2 aliphatic carbocycles. The first kappa shape index (κ1) is 6.69. The maximum Gasteiger partial charge on any atom is 0 e. The van der Waals surface area contributed by atoms with Crippen LogP contribution in [0.5, 0.6) is 0 Å². The molecular formula is C10H20. The van der Waals surface area contributed by atoms with Crippen molar-refractivity contribution < 1.29 is 1.43 Å². The lowest BCUT2D eigenvalue weighted by molar-refractivity contribution is 0.332. The largest absolute Gasteiger partial charge is 0.0625 e. The fraction of sp³-hybridized carbons (Fsp3) is 1.00. The predicted octanol–water partition coefficient (Wildman–Crippen LogP) is 3.32. The van der Waals surface area contributed by atoms with E-state index in [0.29, 0.717) is 5.41 Å². The van der Waals surface area contributed by atoms with Crippen LogP contribution in [-0.4, -0.2) is 0 Å². The van der Waals surface area contributed by atoms with Crippen LogP contribution in [0.4, 0.5) is 0 Å². The summed E-state index contributed by atoms with van der Waals surface area (Å²) in [6.07, 6.45) is 2.97. The van der Waals surface area contributed by atoms with Gasteiger partial charge in [-0.25, -0.2) is 0 Å². The molecule has 0 aromatic carbocycles. The van der Waals surface area contributed by atoms with E-state index < -0.39 is 0 Å². The molecule has 2 saturated carbocycles. The number of hydrogen-bond donors (Lipinski definition) is 0. The van der Waals surface area contributed by atoms with Gasteiger partial charge in [-0.3, -0.25) is 0 Å². The van der Waals surface area contributed by atoms with Crippen LogP contribution in [0, 0.1) is 22.7 Å². The first-order valence-corrected chi connectivity index (χ1v) is 4.48. The topological polar surface area (TPSA) is 0 Å². The molecule has 0 amide bonds. The van der Waals surface area contributed by atoms with Gasteiger partial charge in [0.05, 0.1) is 0 Å². The third kappa shape index (κ3) is 0.500. The van der Waals surface area contributed by atoms with Crippen LogP contribution in [-0.2, 0) is 0 Å². The molecule has 10 heavy (non-hydrogen) atoms. The second kappa shape index (κ2) is 1.44. The Kier molecular flexibility index (Phi) is 0.964. The van der Waals surface area contributed by atoms with Gasteiger partial charge < -0.3 is 0 Å². The van der Waals surface area contributed by atoms with Crippen molar-refractivity contribution in [2.75, 3.05) is 0 Å². The van der Waals surface area contributed by atoms with Crippen LogP contribution < -0.4 is 0 Å². The van der Waals surface area contributed by atoms with Gasteiger partial charge in [0.1, 0.15) is 0 Å². The molecule has 0 nitrogen and oxygen atoms in total. The van der Waals surface area contributed by atoms with Gasteiger partial charge in [-0.2, -0.15) is 0 Å². The van der Waals surface area contributed by atoms with E-state index in [-0.39, 0.29) is 1.43 Å². The average molecular weight is 140 g/mol. The highest BCUT2D eigenvalue weighted by Gasteiger charge is 2.70. The van der Waals surface area contributed by atoms with Crippen molar-refractivity contribution in [3.05, 3.63) is 0 Å². The molecule has 0 aliphatic heterocycles. The zero-order valence-corrected chi connectivity index (χ0v) is 7.57. The van der Waals surface area contributed by atoms with Crippen LogP contribution in [0.3, 0.4) is 0 Å². The van der Waals surface area contributed by atoms with Gasteiger partial charge in [-0.15, -0.1) is 0 Å². The Morgan fingerprint density at radius 1 is 1.30 bits per heavy atom. The molecule has 0 bridgehead atoms. The van der Waals surface area contributed by atoms with E-state index in [4.69, 9.17) is 0 Å². The first-order valence-electron chi connectivity index (χ1n) is 4.48. The summed E-state index contributed by atoms with van der Waals surface area (Å²) in [6.45, 7) is 9.74. The van der Waals surface area contributed by atoms with E-state index in [0.717, 1.165) is 17.3 Å².